The maximum atomic E-state index is 13.2. The van der Waals surface area contributed by atoms with E-state index in [0.717, 1.165) is 21.3 Å². The van der Waals surface area contributed by atoms with E-state index < -0.39 is 48.0 Å². The lowest BCUT2D eigenvalue weighted by Gasteiger charge is -2.23. The third-order valence-corrected chi connectivity index (χ3v) is 3.55. The molecular formula is C17H20FNO7. The van der Waals surface area contributed by atoms with Crippen molar-refractivity contribution in [3.8, 4) is 0 Å². The average molecular weight is 369 g/mol. The summed E-state index contributed by atoms with van der Waals surface area (Å²) in [6.07, 6.45) is -0.736. The number of methoxy groups -OCH3 is 3. The summed E-state index contributed by atoms with van der Waals surface area (Å²) in [6, 6.07) is 3.89. The zero-order valence-corrected chi connectivity index (χ0v) is 14.6. The minimum atomic E-state index is -1.47. The molecule has 0 saturated carbocycles. The minimum absolute atomic E-state index is 0.239. The molecule has 1 aromatic rings. The van der Waals surface area contributed by atoms with E-state index in [1.807, 2.05) is 0 Å². The van der Waals surface area contributed by atoms with Gasteiger partial charge in [0, 0.05) is 0 Å². The molecule has 8 nitrogen and oxygen atoms in total. The van der Waals surface area contributed by atoms with Gasteiger partial charge in [-0.2, -0.15) is 0 Å². The van der Waals surface area contributed by atoms with Crippen LogP contribution in [0, 0.1) is 11.7 Å². The number of carbonyl (C=O) groups excluding carboxylic acids is 4. The zero-order valence-electron chi connectivity index (χ0n) is 14.6. The Kier molecular flexibility index (Phi) is 8.20. The second-order valence-electron chi connectivity index (χ2n) is 5.28. The summed E-state index contributed by atoms with van der Waals surface area (Å²) < 4.78 is 26.9. The second-order valence-corrected chi connectivity index (χ2v) is 5.28. The number of carbonyl (C=O) groups is 4. The Hall–Kier alpha value is -2.97. The van der Waals surface area contributed by atoms with Gasteiger partial charge >= 0.3 is 17.9 Å². The number of rotatable bonds is 8. The first-order valence-electron chi connectivity index (χ1n) is 7.58. The van der Waals surface area contributed by atoms with Crippen molar-refractivity contribution < 1.29 is 37.8 Å². The van der Waals surface area contributed by atoms with Crippen molar-refractivity contribution in [2.24, 2.45) is 5.92 Å². The first-order chi connectivity index (χ1) is 12.3. The summed E-state index contributed by atoms with van der Waals surface area (Å²) in [4.78, 5) is 47.8. The van der Waals surface area contributed by atoms with Crippen LogP contribution in [0.1, 0.15) is 12.0 Å². The van der Waals surface area contributed by atoms with Gasteiger partial charge in [-0.05, 0) is 17.7 Å². The summed E-state index contributed by atoms with van der Waals surface area (Å²) in [5, 5.41) is 2.34. The molecular weight excluding hydrogens is 349 g/mol. The molecule has 0 radical (unpaired) electrons. The van der Waals surface area contributed by atoms with Crippen LogP contribution in [-0.4, -0.2) is 51.2 Å². The van der Waals surface area contributed by atoms with Crippen molar-refractivity contribution in [2.75, 3.05) is 21.3 Å². The number of ether oxygens (including phenoxy) is 3. The van der Waals surface area contributed by atoms with Crippen LogP contribution >= 0.6 is 0 Å². The number of benzene rings is 1. The highest BCUT2D eigenvalue weighted by molar-refractivity contribution is 5.91. The maximum absolute atomic E-state index is 13.2. The van der Waals surface area contributed by atoms with Gasteiger partial charge in [0.15, 0.2) is 0 Å². The molecule has 0 saturated heterocycles. The van der Waals surface area contributed by atoms with Gasteiger partial charge in [-0.25, -0.2) is 9.18 Å². The Balaban J connectivity index is 2.98. The molecule has 2 atom stereocenters. The fourth-order valence-corrected chi connectivity index (χ4v) is 2.26. The topological polar surface area (TPSA) is 108 Å². The molecule has 0 unspecified atom stereocenters. The van der Waals surface area contributed by atoms with Crippen LogP contribution in [0.3, 0.4) is 0 Å². The van der Waals surface area contributed by atoms with Crippen molar-refractivity contribution in [3.05, 3.63) is 35.6 Å². The molecule has 0 aliphatic carbocycles. The van der Waals surface area contributed by atoms with Gasteiger partial charge in [0.25, 0.3) is 0 Å². The van der Waals surface area contributed by atoms with Crippen LogP contribution in [0.5, 0.6) is 0 Å². The predicted molar refractivity (Wildman–Crippen MR) is 86.2 cm³/mol. The second kappa shape index (κ2) is 10.1. The van der Waals surface area contributed by atoms with E-state index in [0.29, 0.717) is 5.56 Å². The van der Waals surface area contributed by atoms with E-state index >= 15 is 0 Å². The number of nitrogens with one attached hydrogen (secondary N) is 1. The lowest BCUT2D eigenvalue weighted by molar-refractivity contribution is -0.159. The summed E-state index contributed by atoms with van der Waals surface area (Å²) in [5.41, 5.74) is 0.369. The van der Waals surface area contributed by atoms with Gasteiger partial charge in [-0.3, -0.25) is 14.4 Å². The molecule has 0 bridgehead atoms. The molecule has 0 aliphatic heterocycles. The van der Waals surface area contributed by atoms with Gasteiger partial charge in [0.2, 0.25) is 5.91 Å². The van der Waals surface area contributed by atoms with Crippen molar-refractivity contribution >= 4 is 23.8 Å². The van der Waals surface area contributed by atoms with Crippen molar-refractivity contribution in [1.29, 1.82) is 0 Å². The van der Waals surface area contributed by atoms with Crippen LogP contribution in [0.25, 0.3) is 0 Å². The standard InChI is InChI=1S/C17H20FNO7/c1-24-14(21)9-12(16(22)25-2)15(17(23)26-3)19-13(20)8-10-5-4-6-11(18)7-10/h4-7,12,15H,8-9H2,1-3H3,(H,19,20)/t12-,15+/m1/s1. The largest absolute Gasteiger partial charge is 0.469 e. The molecule has 1 N–H and O–H groups in total. The Morgan fingerprint density at radius 1 is 1.04 bits per heavy atom. The summed E-state index contributed by atoms with van der Waals surface area (Å²) >= 11 is 0. The van der Waals surface area contributed by atoms with Crippen molar-refractivity contribution in [2.45, 2.75) is 18.9 Å². The van der Waals surface area contributed by atoms with Crippen LogP contribution in [0.15, 0.2) is 24.3 Å². The highest BCUT2D eigenvalue weighted by atomic mass is 19.1. The Labute approximate surface area is 149 Å². The van der Waals surface area contributed by atoms with Gasteiger partial charge < -0.3 is 19.5 Å². The molecule has 26 heavy (non-hydrogen) atoms. The van der Waals surface area contributed by atoms with E-state index in [1.54, 1.807) is 0 Å². The molecule has 1 aromatic carbocycles. The molecule has 1 amide bonds. The SMILES string of the molecule is COC(=O)C[C@@H](C(=O)OC)[C@H](NC(=O)Cc1cccc(F)c1)C(=O)OC. The number of hydrogen-bond acceptors (Lipinski definition) is 7. The smallest absolute Gasteiger partial charge is 0.329 e. The maximum Gasteiger partial charge on any atom is 0.329 e. The predicted octanol–water partition coefficient (Wildman–Crippen LogP) is 0.378. The first kappa shape index (κ1) is 21.1. The lowest BCUT2D eigenvalue weighted by Crippen LogP contribution is -2.50. The van der Waals surface area contributed by atoms with Crippen LogP contribution < -0.4 is 5.32 Å². The highest BCUT2D eigenvalue weighted by Gasteiger charge is 2.38. The van der Waals surface area contributed by atoms with Crippen molar-refractivity contribution in [3.63, 3.8) is 0 Å². The Morgan fingerprint density at radius 2 is 1.69 bits per heavy atom. The third kappa shape index (κ3) is 6.15. The van der Waals surface area contributed by atoms with Crippen LogP contribution in [-0.2, 0) is 39.8 Å². The molecule has 142 valence electrons. The lowest BCUT2D eigenvalue weighted by atomic mass is 9.95. The van der Waals surface area contributed by atoms with E-state index in [9.17, 15) is 23.6 Å². The first-order valence-corrected chi connectivity index (χ1v) is 7.58. The fraction of sp³-hybridized carbons (Fsp3) is 0.412. The van der Waals surface area contributed by atoms with Gasteiger partial charge in [-0.15, -0.1) is 0 Å². The third-order valence-electron chi connectivity index (χ3n) is 3.55. The molecule has 0 heterocycles. The van der Waals surface area contributed by atoms with Crippen LogP contribution in [0.4, 0.5) is 4.39 Å². The van der Waals surface area contributed by atoms with Gasteiger partial charge in [0.05, 0.1) is 40.1 Å². The van der Waals surface area contributed by atoms with Gasteiger partial charge in [-0.1, -0.05) is 12.1 Å². The molecule has 0 spiro atoms. The Morgan fingerprint density at radius 3 is 2.23 bits per heavy atom. The monoisotopic (exact) mass is 369 g/mol. The van der Waals surface area contributed by atoms with E-state index in [4.69, 9.17) is 0 Å². The molecule has 0 aliphatic rings. The quantitative estimate of drug-likeness (QED) is 0.521. The zero-order chi connectivity index (χ0) is 19.7. The molecule has 1 rings (SSSR count). The summed E-state index contributed by atoms with van der Waals surface area (Å²) in [6.45, 7) is 0. The van der Waals surface area contributed by atoms with Gasteiger partial charge in [0.1, 0.15) is 11.9 Å². The molecule has 9 heteroatoms. The Bertz CT molecular complexity index is 677. The minimum Gasteiger partial charge on any atom is -0.469 e. The van der Waals surface area contributed by atoms with E-state index in [1.165, 1.54) is 24.3 Å². The highest BCUT2D eigenvalue weighted by Crippen LogP contribution is 2.15. The number of halogens is 1. The van der Waals surface area contributed by atoms with E-state index in [2.05, 4.69) is 19.5 Å². The fourth-order valence-electron chi connectivity index (χ4n) is 2.26. The number of amides is 1. The van der Waals surface area contributed by atoms with Crippen molar-refractivity contribution in [1.82, 2.24) is 5.32 Å². The van der Waals surface area contributed by atoms with Crippen LogP contribution in [0.2, 0.25) is 0 Å². The normalized spacial score (nSPS) is 12.5. The summed E-state index contributed by atoms with van der Waals surface area (Å²) in [5.74, 6) is -5.11. The number of esters is 3. The summed E-state index contributed by atoms with van der Waals surface area (Å²) in [7, 11) is 3.27. The molecule has 0 aromatic heterocycles. The molecule has 0 fully saturated rings. The number of hydrogen-bond donors (Lipinski definition) is 1. The average Bonchev–Trinajstić information content (AvgIpc) is 2.62. The van der Waals surface area contributed by atoms with E-state index in [-0.39, 0.29) is 6.42 Å².